The summed E-state index contributed by atoms with van der Waals surface area (Å²) in [5.74, 6) is -4.21. The van der Waals surface area contributed by atoms with Crippen LogP contribution in [0.1, 0.15) is 90.2 Å². The third-order valence-corrected chi connectivity index (χ3v) is 13.4. The molecule has 0 radical (unpaired) electrons. The zero-order valence-electron chi connectivity index (χ0n) is 31.1. The summed E-state index contributed by atoms with van der Waals surface area (Å²) < 4.78 is 90.7. The van der Waals surface area contributed by atoms with Crippen LogP contribution in [0.2, 0.25) is 0 Å². The second kappa shape index (κ2) is 14.6. The Morgan fingerprint density at radius 3 is 2.62 bits per heavy atom. The van der Waals surface area contributed by atoms with Crippen LogP contribution in [0, 0.1) is 11.7 Å². The molecule has 0 bridgehead atoms. The molecular formula is C37H44F4N8O6S. The molecule has 1 saturated heterocycles. The second-order valence-corrected chi connectivity index (χ2v) is 17.9. The third kappa shape index (κ3) is 7.65. The van der Waals surface area contributed by atoms with Gasteiger partial charge in [0.1, 0.15) is 41.4 Å². The molecule has 0 unspecified atom stereocenters. The van der Waals surface area contributed by atoms with Crippen LogP contribution in [-0.2, 0) is 30.6 Å². The number of anilines is 1. The van der Waals surface area contributed by atoms with Crippen LogP contribution in [0.5, 0.6) is 6.01 Å². The number of carbonyl (C=O) groups excluding carboxylic acids is 3. The molecule has 4 heterocycles. The van der Waals surface area contributed by atoms with Crippen molar-refractivity contribution in [1.82, 2.24) is 34.5 Å². The van der Waals surface area contributed by atoms with Gasteiger partial charge >= 0.3 is 6.18 Å². The highest BCUT2D eigenvalue weighted by Crippen LogP contribution is 2.47. The van der Waals surface area contributed by atoms with Crippen molar-refractivity contribution in [2.24, 2.45) is 5.92 Å². The third-order valence-electron chi connectivity index (χ3n) is 11.2. The minimum atomic E-state index is -4.99. The average Bonchev–Trinajstić information content (AvgIpc) is 3.95. The van der Waals surface area contributed by atoms with Crippen molar-refractivity contribution in [2.75, 3.05) is 11.9 Å². The number of rotatable bonds is 8. The number of amides is 3. The molecular weight excluding hydrogens is 761 g/mol. The molecule has 3 amide bonds. The van der Waals surface area contributed by atoms with Gasteiger partial charge in [0.05, 0.1) is 23.1 Å². The number of hydrogen-bond acceptors (Lipinski definition) is 10. The van der Waals surface area contributed by atoms with E-state index in [1.807, 2.05) is 19.9 Å². The van der Waals surface area contributed by atoms with E-state index in [9.17, 15) is 40.4 Å². The minimum Gasteiger partial charge on any atom is -0.459 e. The number of sulfonamides is 1. The fourth-order valence-electron chi connectivity index (χ4n) is 7.51. The van der Waals surface area contributed by atoms with Crippen LogP contribution in [0.4, 0.5) is 23.2 Å². The monoisotopic (exact) mass is 804 g/mol. The van der Waals surface area contributed by atoms with Gasteiger partial charge in [0.2, 0.25) is 21.8 Å². The number of nitrogens with one attached hydrogen (secondary N) is 3. The number of hydrogen-bond donors (Lipinski definition) is 3. The lowest BCUT2D eigenvalue weighted by Crippen LogP contribution is -2.58. The maximum Gasteiger partial charge on any atom is 0.419 e. The second-order valence-electron chi connectivity index (χ2n) is 15.7. The van der Waals surface area contributed by atoms with Crippen LogP contribution < -0.4 is 20.1 Å². The average molecular weight is 805 g/mol. The predicted octanol–water partition coefficient (Wildman–Crippen LogP) is 4.79. The molecule has 3 aromatic rings. The Labute approximate surface area is 320 Å². The first-order valence-corrected chi connectivity index (χ1v) is 20.2. The van der Waals surface area contributed by atoms with E-state index in [1.165, 1.54) is 17.4 Å². The number of allylic oxidation sites excluding steroid dienone is 1. The molecule has 2 aliphatic carbocycles. The van der Waals surface area contributed by atoms with Crippen molar-refractivity contribution in [3.63, 3.8) is 0 Å². The molecule has 3 fully saturated rings. The summed E-state index contributed by atoms with van der Waals surface area (Å²) in [6, 6.07) is 0.0127. The molecule has 302 valence electrons. The Kier molecular flexibility index (Phi) is 10.3. The van der Waals surface area contributed by atoms with Gasteiger partial charge in [-0.25, -0.2) is 22.8 Å². The largest absolute Gasteiger partial charge is 0.459 e. The molecule has 4 aliphatic rings. The highest BCUT2D eigenvalue weighted by Gasteiger charge is 2.63. The van der Waals surface area contributed by atoms with Gasteiger partial charge in [-0.3, -0.25) is 23.7 Å². The summed E-state index contributed by atoms with van der Waals surface area (Å²) in [4.78, 5) is 57.1. The van der Waals surface area contributed by atoms with E-state index >= 15 is 0 Å². The summed E-state index contributed by atoms with van der Waals surface area (Å²) >= 11 is 0. The molecule has 0 spiro atoms. The summed E-state index contributed by atoms with van der Waals surface area (Å²) in [7, 11) is -4.05. The smallest absolute Gasteiger partial charge is 0.419 e. The maximum absolute atomic E-state index is 14.6. The fraction of sp³-hybridized carbons (Fsp3) is 0.568. The quantitative estimate of drug-likeness (QED) is 0.212. The number of fused-ring (bicyclic) bond motifs is 3. The Morgan fingerprint density at radius 1 is 1.14 bits per heavy atom. The van der Waals surface area contributed by atoms with Gasteiger partial charge in [-0.2, -0.15) is 18.2 Å². The highest BCUT2D eigenvalue weighted by molar-refractivity contribution is 7.91. The Morgan fingerprint density at radius 2 is 1.91 bits per heavy atom. The first kappa shape index (κ1) is 39.4. The number of halogens is 4. The lowest BCUT2D eigenvalue weighted by molar-refractivity contribution is -0.140. The molecule has 1 aromatic carbocycles. The minimum absolute atomic E-state index is 0.0688. The van der Waals surface area contributed by atoms with Crippen molar-refractivity contribution in [3.8, 4) is 6.01 Å². The Bertz CT molecular complexity index is 2170. The van der Waals surface area contributed by atoms with E-state index in [2.05, 4.69) is 30.3 Å². The summed E-state index contributed by atoms with van der Waals surface area (Å²) in [6.07, 6.45) is 4.17. The molecule has 19 heteroatoms. The zero-order valence-corrected chi connectivity index (χ0v) is 31.9. The molecule has 7 rings (SSSR count). The number of aromatic nitrogens is 4. The van der Waals surface area contributed by atoms with Gasteiger partial charge in [0.15, 0.2) is 5.65 Å². The number of imidazole rings is 1. The van der Waals surface area contributed by atoms with Gasteiger partial charge in [-0.15, -0.1) is 0 Å². The normalized spacial score (nSPS) is 27.4. The number of ether oxygens (including phenoxy) is 1. The zero-order chi connectivity index (χ0) is 40.2. The van der Waals surface area contributed by atoms with E-state index in [0.717, 1.165) is 6.07 Å². The number of alkyl halides is 3. The van der Waals surface area contributed by atoms with Crippen molar-refractivity contribution in [1.29, 1.82) is 0 Å². The van der Waals surface area contributed by atoms with Crippen LogP contribution in [0.3, 0.4) is 0 Å². The number of benzene rings is 1. The van der Waals surface area contributed by atoms with Gasteiger partial charge in [0, 0.05) is 24.1 Å². The summed E-state index contributed by atoms with van der Waals surface area (Å²) in [5.41, 5.74) is -2.28. The molecule has 3 N–H and O–H groups in total. The molecule has 14 nitrogen and oxygen atoms in total. The lowest BCUT2D eigenvalue weighted by Gasteiger charge is -2.30. The number of carbonyl (C=O) groups is 3. The Hall–Kier alpha value is -4.81. The van der Waals surface area contributed by atoms with Gasteiger partial charge < -0.3 is 20.3 Å². The van der Waals surface area contributed by atoms with E-state index in [0.29, 0.717) is 61.8 Å². The molecule has 56 heavy (non-hydrogen) atoms. The highest BCUT2D eigenvalue weighted by atomic mass is 32.2. The topological polar surface area (TPSA) is 178 Å². The standard InChI is InChI=1S/C37H44F4N8O6S/c1-21(2)49-30-28(18-42-20-43-30)45-34(49)55-24-16-29-31(50)46-36(33(52)47-56(53,54)35(3)13-14-35)17-22(36)9-7-5-4-6-8-10-27(32(51)48(29)19-24)44-23-11-12-26(38)25(15-23)37(39,40)41/h7,9,11-12,15,18,20-22,24,27,29,44H,4-6,8,10,13-14,16-17,19H2,1-3H3,(H,46,50)(H,47,52)/b9-7-/t22-,24-,27+,29+,36-/m1/s1. The van der Waals surface area contributed by atoms with Crippen molar-refractivity contribution >= 4 is 44.6 Å². The van der Waals surface area contributed by atoms with E-state index in [4.69, 9.17) is 4.74 Å². The first-order valence-electron chi connectivity index (χ1n) is 18.8. The van der Waals surface area contributed by atoms with E-state index in [1.54, 1.807) is 17.6 Å². The van der Waals surface area contributed by atoms with Crippen LogP contribution in [-0.4, -0.2) is 85.6 Å². The first-order chi connectivity index (χ1) is 26.4. The van der Waals surface area contributed by atoms with E-state index in [-0.39, 0.29) is 43.5 Å². The Balaban J connectivity index is 1.22. The SMILES string of the molecule is CC(C)n1c(O[C@@H]2C[C@H]3C(=O)N[C@]4(C(=O)NS(=O)(=O)C5(C)CC5)C[C@H]4/C=C\CCCCC[C@H](Nc4ccc(F)c(C(F)(F)F)c4)C(=O)N3C2)nc2cncnc21. The molecule has 2 aliphatic heterocycles. The summed E-state index contributed by atoms with van der Waals surface area (Å²) in [6.45, 7) is 5.20. The fourth-order valence-corrected chi connectivity index (χ4v) is 8.82. The maximum atomic E-state index is 14.6. The van der Waals surface area contributed by atoms with Gasteiger partial charge in [-0.1, -0.05) is 25.0 Å². The van der Waals surface area contributed by atoms with Crippen LogP contribution in [0.25, 0.3) is 11.2 Å². The van der Waals surface area contributed by atoms with Crippen molar-refractivity contribution in [3.05, 3.63) is 54.3 Å². The molecule has 2 saturated carbocycles. The predicted molar refractivity (Wildman–Crippen MR) is 195 cm³/mol. The van der Waals surface area contributed by atoms with Crippen molar-refractivity contribution in [2.45, 2.75) is 119 Å². The molecule has 5 atom stereocenters. The van der Waals surface area contributed by atoms with Crippen molar-refractivity contribution < 1.29 is 45.1 Å². The number of nitrogens with zero attached hydrogens (tertiary/aromatic N) is 5. The lowest BCUT2D eigenvalue weighted by atomic mass is 10.0. The van der Waals surface area contributed by atoms with E-state index < -0.39 is 79.7 Å². The summed E-state index contributed by atoms with van der Waals surface area (Å²) in [5, 5.41) is 5.69. The van der Waals surface area contributed by atoms with Gasteiger partial charge in [-0.05, 0) is 77.5 Å². The van der Waals surface area contributed by atoms with Gasteiger partial charge in [0.25, 0.3) is 11.9 Å². The van der Waals surface area contributed by atoms with Crippen LogP contribution in [0.15, 0.2) is 42.9 Å². The molecule has 2 aromatic heterocycles. The van der Waals surface area contributed by atoms with Crippen LogP contribution >= 0.6 is 0 Å².